The summed E-state index contributed by atoms with van der Waals surface area (Å²) in [5.74, 6) is -3.76. The van der Waals surface area contributed by atoms with Crippen LogP contribution in [0.2, 0.25) is 0 Å². The molecule has 1 saturated heterocycles. The van der Waals surface area contributed by atoms with Crippen LogP contribution in [0, 0.1) is 11.8 Å². The lowest BCUT2D eigenvalue weighted by molar-refractivity contribution is -0.148. The molecule has 4 amide bonds. The largest absolute Gasteiger partial charge is 0.507 e. The Morgan fingerprint density at radius 2 is 1.80 bits per heavy atom. The van der Waals surface area contributed by atoms with Gasteiger partial charge in [-0.15, -0.1) is 0 Å². The maximum atomic E-state index is 13.7. The highest BCUT2D eigenvalue weighted by molar-refractivity contribution is 6.00. The van der Waals surface area contributed by atoms with Gasteiger partial charge in [0.1, 0.15) is 17.8 Å². The molecule has 0 spiro atoms. The van der Waals surface area contributed by atoms with Gasteiger partial charge in [0.2, 0.25) is 17.7 Å². The number of hydrogen-bond acceptors (Lipinski definition) is 7. The summed E-state index contributed by atoms with van der Waals surface area (Å²) in [6, 6.07) is 5.45. The summed E-state index contributed by atoms with van der Waals surface area (Å²) in [7, 11) is 1.53. The van der Waals surface area contributed by atoms with Crippen LogP contribution in [0.5, 0.6) is 5.75 Å². The van der Waals surface area contributed by atoms with E-state index in [1.807, 2.05) is 13.8 Å². The Morgan fingerprint density at radius 1 is 1.10 bits per heavy atom. The summed E-state index contributed by atoms with van der Waals surface area (Å²) < 4.78 is 0. The van der Waals surface area contributed by atoms with Crippen LogP contribution in [0.25, 0.3) is 0 Å². The average Bonchev–Trinajstić information content (AvgIpc) is 2.94. The first kappa shape index (κ1) is 30.6. The fourth-order valence-electron chi connectivity index (χ4n) is 4.99. The molecule has 1 aliphatic heterocycles. The zero-order chi connectivity index (χ0) is 29.6. The van der Waals surface area contributed by atoms with E-state index >= 15 is 0 Å². The minimum atomic E-state index is -1.32. The first-order valence-corrected chi connectivity index (χ1v) is 13.5. The third kappa shape index (κ3) is 6.95. The van der Waals surface area contributed by atoms with E-state index in [0.717, 1.165) is 5.56 Å². The predicted octanol–water partition coefficient (Wildman–Crippen LogP) is 1.00. The van der Waals surface area contributed by atoms with Crippen LogP contribution < -0.4 is 16.0 Å². The topological polar surface area (TPSA) is 161 Å². The highest BCUT2D eigenvalue weighted by Gasteiger charge is 2.41. The number of carbonyl (C=O) groups excluding carboxylic acids is 4. The van der Waals surface area contributed by atoms with Crippen LogP contribution in [0.15, 0.2) is 48.8 Å². The minimum absolute atomic E-state index is 0.0386. The van der Waals surface area contributed by atoms with Crippen LogP contribution in [0.3, 0.4) is 0 Å². The van der Waals surface area contributed by atoms with Gasteiger partial charge in [0.05, 0.1) is 29.7 Å². The van der Waals surface area contributed by atoms with Crippen LogP contribution in [-0.2, 0) is 20.8 Å². The molecule has 2 aromatic rings. The highest BCUT2D eigenvalue weighted by Crippen LogP contribution is 2.22. The lowest BCUT2D eigenvalue weighted by atomic mass is 9.89. The molecule has 1 aromatic carbocycles. The predicted molar refractivity (Wildman–Crippen MR) is 148 cm³/mol. The van der Waals surface area contributed by atoms with Gasteiger partial charge < -0.3 is 31.1 Å². The summed E-state index contributed by atoms with van der Waals surface area (Å²) in [6.07, 6.45) is 2.65. The summed E-state index contributed by atoms with van der Waals surface area (Å²) in [4.78, 5) is 59.3. The second-order valence-corrected chi connectivity index (χ2v) is 10.5. The van der Waals surface area contributed by atoms with Gasteiger partial charge >= 0.3 is 0 Å². The molecule has 3 rings (SSSR count). The number of hydrogen-bond donors (Lipinski definition) is 5. The molecule has 1 fully saturated rings. The Morgan fingerprint density at radius 3 is 2.42 bits per heavy atom. The monoisotopic (exact) mass is 553 g/mol. The van der Waals surface area contributed by atoms with Crippen molar-refractivity contribution in [2.75, 3.05) is 7.05 Å². The van der Waals surface area contributed by atoms with Crippen molar-refractivity contribution in [2.24, 2.45) is 11.8 Å². The zero-order valence-electron chi connectivity index (χ0n) is 23.5. The Bertz CT molecular complexity index is 1210. The van der Waals surface area contributed by atoms with Crippen molar-refractivity contribution in [2.45, 2.75) is 70.8 Å². The Labute approximate surface area is 234 Å². The molecule has 11 nitrogen and oxygen atoms in total. The van der Waals surface area contributed by atoms with E-state index < -0.39 is 59.8 Å². The van der Waals surface area contributed by atoms with Gasteiger partial charge in [-0.3, -0.25) is 24.2 Å². The van der Waals surface area contributed by atoms with Gasteiger partial charge in [-0.05, 0) is 43.0 Å². The zero-order valence-corrected chi connectivity index (χ0v) is 23.5. The summed E-state index contributed by atoms with van der Waals surface area (Å²) >= 11 is 0. The Balaban J connectivity index is 2.04. The molecule has 5 N–H and O–H groups in total. The van der Waals surface area contributed by atoms with E-state index in [1.165, 1.54) is 24.1 Å². The van der Waals surface area contributed by atoms with Gasteiger partial charge in [-0.1, -0.05) is 45.4 Å². The fraction of sp³-hybridized carbons (Fsp3) is 0.483. The van der Waals surface area contributed by atoms with E-state index in [9.17, 15) is 29.4 Å². The van der Waals surface area contributed by atoms with Crippen LogP contribution >= 0.6 is 0 Å². The number of carbonyl (C=O) groups is 4. The number of aromatic nitrogens is 1. The number of benzene rings is 1. The molecular formula is C29H39N5O6. The van der Waals surface area contributed by atoms with E-state index in [1.54, 1.807) is 50.5 Å². The number of nitrogens with zero attached hydrogens (tertiary/aromatic N) is 2. The van der Waals surface area contributed by atoms with Crippen molar-refractivity contribution in [1.29, 1.82) is 0 Å². The maximum Gasteiger partial charge on any atom is 0.255 e. The number of amides is 4. The second kappa shape index (κ2) is 13.4. The third-order valence-corrected chi connectivity index (χ3v) is 7.62. The van der Waals surface area contributed by atoms with E-state index in [4.69, 9.17) is 0 Å². The molecule has 2 heterocycles. The smallest absolute Gasteiger partial charge is 0.255 e. The van der Waals surface area contributed by atoms with E-state index in [0.29, 0.717) is 6.42 Å². The molecular weight excluding hydrogens is 514 g/mol. The number of aromatic hydroxyl groups is 1. The van der Waals surface area contributed by atoms with Gasteiger partial charge in [0, 0.05) is 19.4 Å². The van der Waals surface area contributed by atoms with Gasteiger partial charge in [-0.25, -0.2) is 0 Å². The number of aliphatic hydroxyl groups excluding tert-OH is 1. The molecule has 0 bridgehead atoms. The Kier molecular flexibility index (Phi) is 10.2. The van der Waals surface area contributed by atoms with Crippen molar-refractivity contribution in [1.82, 2.24) is 25.8 Å². The third-order valence-electron chi connectivity index (χ3n) is 7.62. The number of aliphatic hydroxyl groups is 1. The number of nitrogens with one attached hydrogen (secondary N) is 3. The van der Waals surface area contributed by atoms with Crippen molar-refractivity contribution in [3.63, 3.8) is 0 Å². The first-order chi connectivity index (χ1) is 19.0. The Hall–Kier alpha value is -3.99. The number of phenolic OH excluding ortho intramolecular Hbond substituents is 1. The minimum Gasteiger partial charge on any atom is -0.507 e. The van der Waals surface area contributed by atoms with E-state index in [-0.39, 0.29) is 23.7 Å². The van der Waals surface area contributed by atoms with Gasteiger partial charge in [-0.2, -0.15) is 0 Å². The molecule has 0 saturated carbocycles. The number of rotatable bonds is 6. The first-order valence-electron chi connectivity index (χ1n) is 13.5. The summed E-state index contributed by atoms with van der Waals surface area (Å²) in [6.45, 7) is 6.88. The number of para-hydroxylation sites is 1. The van der Waals surface area contributed by atoms with Crippen LogP contribution in [-0.4, -0.2) is 81.0 Å². The molecule has 2 unspecified atom stereocenters. The van der Waals surface area contributed by atoms with Crippen molar-refractivity contribution in [3.8, 4) is 5.75 Å². The van der Waals surface area contributed by atoms with Crippen molar-refractivity contribution < 1.29 is 29.4 Å². The van der Waals surface area contributed by atoms with Crippen LogP contribution in [0.4, 0.5) is 0 Å². The SMILES string of the molecule is CCC(C)C1C(=O)N[C@H](C)[C@H](NC(=O)c2ccccc2O)C(=O)N[C@@H](Cc2cccnc2)[C@@H](O)[C@@H](C)C(=O)N1C. The molecule has 40 heavy (non-hydrogen) atoms. The van der Waals surface area contributed by atoms with Crippen molar-refractivity contribution in [3.05, 3.63) is 59.9 Å². The molecule has 216 valence electrons. The van der Waals surface area contributed by atoms with E-state index in [2.05, 4.69) is 20.9 Å². The lowest BCUT2D eigenvalue weighted by Crippen LogP contribution is -2.64. The normalized spacial score (nSPS) is 27.1. The summed E-state index contributed by atoms with van der Waals surface area (Å²) in [5.41, 5.74) is 0.684. The highest BCUT2D eigenvalue weighted by atomic mass is 16.3. The number of phenols is 1. The molecule has 0 aliphatic carbocycles. The van der Waals surface area contributed by atoms with Crippen molar-refractivity contribution >= 4 is 23.6 Å². The molecule has 11 heteroatoms. The lowest BCUT2D eigenvalue weighted by Gasteiger charge is -2.38. The second-order valence-electron chi connectivity index (χ2n) is 10.5. The number of likely N-dealkylation sites (N-methyl/N-ethyl adjacent to an activating group) is 1. The quantitative estimate of drug-likeness (QED) is 0.357. The maximum absolute atomic E-state index is 13.7. The van der Waals surface area contributed by atoms with Crippen LogP contribution in [0.1, 0.15) is 50.0 Å². The van der Waals surface area contributed by atoms with Gasteiger partial charge in [0.25, 0.3) is 5.91 Å². The summed E-state index contributed by atoms with van der Waals surface area (Å²) in [5, 5.41) is 29.8. The van der Waals surface area contributed by atoms with Gasteiger partial charge in [0.15, 0.2) is 0 Å². The molecule has 7 atom stereocenters. The fourth-order valence-corrected chi connectivity index (χ4v) is 4.99. The number of pyridine rings is 1. The average molecular weight is 554 g/mol. The molecule has 1 aliphatic rings. The standard InChI is InChI=1S/C29H39N5O6/c1-6-16(2)24-28(39)31-18(4)23(33-26(37)20-11-7-8-12-22(20)35)27(38)32-21(14-19-10-9-13-30-15-19)25(36)17(3)29(40)34(24)5/h7-13,15-18,21,23-25,35-36H,6,14H2,1-5H3,(H,31,39)(H,32,38)(H,33,37)/t16?,17-,18-,21+,23+,24?,25+/m1/s1. The molecule has 0 radical (unpaired) electrons. The molecule has 1 aromatic heterocycles.